The minimum absolute atomic E-state index is 0.0112. The lowest BCUT2D eigenvalue weighted by atomic mass is 9.69. The Hall–Kier alpha value is -1.38. The fourth-order valence-electron chi connectivity index (χ4n) is 4.35. The Balaban J connectivity index is 1.85. The highest BCUT2D eigenvalue weighted by atomic mass is 32.2. The average molecular weight is 318 g/mol. The van der Waals surface area contributed by atoms with Crippen molar-refractivity contribution >= 4 is 10.0 Å². The molecule has 0 spiro atoms. The third-order valence-electron chi connectivity index (χ3n) is 6.39. The highest BCUT2D eigenvalue weighted by Gasteiger charge is 2.61. The van der Waals surface area contributed by atoms with Crippen LogP contribution >= 0.6 is 0 Å². The highest BCUT2D eigenvalue weighted by Crippen LogP contribution is 2.65. The standard InChI is InChI=1S/C17H22N2O2S/c1-16(2)13-8-9-17(16,3)15(10-13)19-22(20,21)14-6-4-12(11-18)5-7-14/h4-7,13,15,19H,8-10H2,1-3H3. The molecular formula is C17H22N2O2S. The first-order valence-corrected chi connectivity index (χ1v) is 9.21. The molecule has 0 amide bonds. The maximum absolute atomic E-state index is 12.6. The molecular weight excluding hydrogens is 296 g/mol. The van der Waals surface area contributed by atoms with Gasteiger partial charge in [0.1, 0.15) is 0 Å². The Morgan fingerprint density at radius 1 is 1.23 bits per heavy atom. The number of nitrogens with zero attached hydrogens (tertiary/aromatic N) is 1. The van der Waals surface area contributed by atoms with Gasteiger partial charge in [0.15, 0.2) is 0 Å². The topological polar surface area (TPSA) is 70.0 Å². The van der Waals surface area contributed by atoms with Crippen molar-refractivity contribution in [1.82, 2.24) is 4.72 Å². The van der Waals surface area contributed by atoms with Crippen molar-refractivity contribution in [3.63, 3.8) is 0 Å². The number of benzene rings is 1. The van der Waals surface area contributed by atoms with E-state index >= 15 is 0 Å². The van der Waals surface area contributed by atoms with Crippen molar-refractivity contribution in [2.75, 3.05) is 0 Å². The van der Waals surface area contributed by atoms with Gasteiger partial charge < -0.3 is 0 Å². The van der Waals surface area contributed by atoms with Gasteiger partial charge in [-0.15, -0.1) is 0 Å². The summed E-state index contributed by atoms with van der Waals surface area (Å²) in [6.07, 6.45) is 3.18. The minimum atomic E-state index is -3.54. The predicted molar refractivity (Wildman–Crippen MR) is 84.5 cm³/mol. The summed E-state index contributed by atoms with van der Waals surface area (Å²) in [6.45, 7) is 6.74. The molecule has 2 fully saturated rings. The van der Waals surface area contributed by atoms with Crippen LogP contribution in [0.5, 0.6) is 0 Å². The molecule has 3 rings (SSSR count). The second kappa shape index (κ2) is 4.81. The molecule has 1 aromatic rings. The largest absolute Gasteiger partial charge is 0.240 e. The van der Waals surface area contributed by atoms with Crippen LogP contribution in [-0.4, -0.2) is 14.5 Å². The Morgan fingerprint density at radius 2 is 1.86 bits per heavy atom. The summed E-state index contributed by atoms with van der Waals surface area (Å²) < 4.78 is 28.2. The molecule has 0 heterocycles. The van der Waals surface area contributed by atoms with E-state index in [0.29, 0.717) is 11.5 Å². The molecule has 22 heavy (non-hydrogen) atoms. The van der Waals surface area contributed by atoms with Crippen molar-refractivity contribution in [1.29, 1.82) is 5.26 Å². The molecule has 1 N–H and O–H groups in total. The smallest absolute Gasteiger partial charge is 0.207 e. The van der Waals surface area contributed by atoms with Gasteiger partial charge in [-0.25, -0.2) is 13.1 Å². The van der Waals surface area contributed by atoms with Gasteiger partial charge in [0, 0.05) is 6.04 Å². The molecule has 118 valence electrons. The van der Waals surface area contributed by atoms with Crippen molar-refractivity contribution in [2.45, 2.75) is 51.0 Å². The maximum Gasteiger partial charge on any atom is 0.240 e. The molecule has 2 bridgehead atoms. The summed E-state index contributed by atoms with van der Waals surface area (Å²) in [7, 11) is -3.54. The monoisotopic (exact) mass is 318 g/mol. The van der Waals surface area contributed by atoms with Gasteiger partial charge in [0.2, 0.25) is 10.0 Å². The van der Waals surface area contributed by atoms with E-state index in [1.807, 2.05) is 6.07 Å². The van der Waals surface area contributed by atoms with E-state index in [1.54, 1.807) is 12.1 Å². The van der Waals surface area contributed by atoms with Crippen molar-refractivity contribution < 1.29 is 8.42 Å². The Bertz CT molecular complexity index is 731. The summed E-state index contributed by atoms with van der Waals surface area (Å²) in [4.78, 5) is 0.232. The lowest BCUT2D eigenvalue weighted by Gasteiger charge is -2.39. The fraction of sp³-hybridized carbons (Fsp3) is 0.588. The van der Waals surface area contributed by atoms with E-state index in [1.165, 1.54) is 18.6 Å². The van der Waals surface area contributed by atoms with E-state index in [2.05, 4.69) is 25.5 Å². The summed E-state index contributed by atoms with van der Waals surface area (Å²) in [5.41, 5.74) is 0.648. The van der Waals surface area contributed by atoms with Crippen LogP contribution < -0.4 is 4.72 Å². The lowest BCUT2D eigenvalue weighted by Crippen LogP contribution is -2.46. The van der Waals surface area contributed by atoms with E-state index in [9.17, 15) is 8.42 Å². The summed E-state index contributed by atoms with van der Waals surface area (Å²) in [5, 5.41) is 8.81. The minimum Gasteiger partial charge on any atom is -0.207 e. The summed E-state index contributed by atoms with van der Waals surface area (Å²) in [5.74, 6) is 0.589. The SMILES string of the molecule is CC1(C)C2CCC1(C)C(NS(=O)(=O)c1ccc(C#N)cc1)C2. The van der Waals surface area contributed by atoms with Gasteiger partial charge in [0.05, 0.1) is 16.5 Å². The Labute approximate surface area is 132 Å². The van der Waals surface area contributed by atoms with Crippen LogP contribution in [0.2, 0.25) is 0 Å². The maximum atomic E-state index is 12.6. The normalized spacial score (nSPS) is 32.8. The van der Waals surface area contributed by atoms with Crippen LogP contribution in [0, 0.1) is 28.1 Å². The average Bonchev–Trinajstić information content (AvgIpc) is 2.80. The van der Waals surface area contributed by atoms with Crippen molar-refractivity contribution in [3.05, 3.63) is 29.8 Å². The van der Waals surface area contributed by atoms with Crippen LogP contribution in [0.15, 0.2) is 29.2 Å². The molecule has 0 radical (unpaired) electrons. The summed E-state index contributed by atoms with van der Waals surface area (Å²) in [6, 6.07) is 8.08. The molecule has 0 saturated heterocycles. The van der Waals surface area contributed by atoms with Crippen LogP contribution in [0.4, 0.5) is 0 Å². The number of hydrogen-bond donors (Lipinski definition) is 1. The zero-order valence-corrected chi connectivity index (χ0v) is 14.1. The zero-order valence-electron chi connectivity index (χ0n) is 13.3. The van der Waals surface area contributed by atoms with E-state index < -0.39 is 10.0 Å². The number of rotatable bonds is 3. The predicted octanol–water partition coefficient (Wildman–Crippen LogP) is 3.05. The van der Waals surface area contributed by atoms with Crippen LogP contribution in [0.25, 0.3) is 0 Å². The Kier molecular flexibility index (Phi) is 3.39. The molecule has 2 aliphatic rings. The molecule has 0 aromatic heterocycles. The molecule has 4 nitrogen and oxygen atoms in total. The first-order chi connectivity index (χ1) is 10.2. The molecule has 2 saturated carbocycles. The number of nitrogens with one attached hydrogen (secondary N) is 1. The molecule has 1 aromatic carbocycles. The number of fused-ring (bicyclic) bond motifs is 2. The van der Waals surface area contributed by atoms with E-state index in [0.717, 1.165) is 12.8 Å². The highest BCUT2D eigenvalue weighted by molar-refractivity contribution is 7.89. The summed E-state index contributed by atoms with van der Waals surface area (Å²) >= 11 is 0. The van der Waals surface area contributed by atoms with Gasteiger partial charge in [-0.05, 0) is 60.3 Å². The first kappa shape index (κ1) is 15.5. The van der Waals surface area contributed by atoms with Gasteiger partial charge in [-0.2, -0.15) is 5.26 Å². The Morgan fingerprint density at radius 3 is 2.32 bits per heavy atom. The molecule has 3 atom stereocenters. The van der Waals surface area contributed by atoms with Gasteiger partial charge in [-0.3, -0.25) is 0 Å². The van der Waals surface area contributed by atoms with Crippen molar-refractivity contribution in [3.8, 4) is 6.07 Å². The van der Waals surface area contributed by atoms with Crippen LogP contribution in [0.3, 0.4) is 0 Å². The van der Waals surface area contributed by atoms with E-state index in [-0.39, 0.29) is 21.8 Å². The second-order valence-corrected chi connectivity index (χ2v) is 9.13. The molecule has 2 aliphatic carbocycles. The fourth-order valence-corrected chi connectivity index (χ4v) is 5.71. The number of sulfonamides is 1. The van der Waals surface area contributed by atoms with E-state index in [4.69, 9.17) is 5.26 Å². The third-order valence-corrected chi connectivity index (χ3v) is 7.87. The van der Waals surface area contributed by atoms with Gasteiger partial charge in [-0.1, -0.05) is 20.8 Å². The van der Waals surface area contributed by atoms with Crippen molar-refractivity contribution in [2.24, 2.45) is 16.7 Å². The van der Waals surface area contributed by atoms with Crippen LogP contribution in [0.1, 0.15) is 45.6 Å². The second-order valence-electron chi connectivity index (χ2n) is 7.42. The molecule has 0 aliphatic heterocycles. The van der Waals surface area contributed by atoms with Gasteiger partial charge in [0.25, 0.3) is 0 Å². The molecule has 3 unspecified atom stereocenters. The molecule has 5 heteroatoms. The quantitative estimate of drug-likeness (QED) is 0.931. The lowest BCUT2D eigenvalue weighted by molar-refractivity contribution is 0.130. The number of hydrogen-bond acceptors (Lipinski definition) is 3. The van der Waals surface area contributed by atoms with Gasteiger partial charge >= 0.3 is 0 Å². The number of nitriles is 1. The third kappa shape index (κ3) is 2.09. The zero-order chi connectivity index (χ0) is 16.2. The first-order valence-electron chi connectivity index (χ1n) is 7.73. The van der Waals surface area contributed by atoms with Crippen LogP contribution in [-0.2, 0) is 10.0 Å².